The number of methoxy groups -OCH3 is 1. The van der Waals surface area contributed by atoms with Crippen molar-refractivity contribution >= 4 is 11.6 Å². The number of anilines is 2. The normalized spacial score (nSPS) is 12.2. The predicted molar refractivity (Wildman–Crippen MR) is 65.8 cm³/mol. The van der Waals surface area contributed by atoms with Gasteiger partial charge in [0, 0.05) is 12.6 Å². The van der Waals surface area contributed by atoms with Crippen molar-refractivity contribution in [3.63, 3.8) is 0 Å². The van der Waals surface area contributed by atoms with E-state index in [2.05, 4.69) is 35.6 Å². The third-order valence-corrected chi connectivity index (χ3v) is 2.75. The van der Waals surface area contributed by atoms with Crippen LogP contribution in [0.4, 0.5) is 11.6 Å². The molecule has 1 aromatic rings. The first-order chi connectivity index (χ1) is 7.65. The van der Waals surface area contributed by atoms with Crippen molar-refractivity contribution in [2.24, 2.45) is 0 Å². The number of nitrogens with two attached hydrogens (primary N) is 1. The molecule has 0 amide bonds. The first-order valence-electron chi connectivity index (χ1n) is 5.56. The molecule has 0 saturated carbocycles. The van der Waals surface area contributed by atoms with Gasteiger partial charge in [-0.25, -0.2) is 9.97 Å². The van der Waals surface area contributed by atoms with Crippen molar-refractivity contribution in [3.8, 4) is 5.75 Å². The van der Waals surface area contributed by atoms with E-state index in [1.165, 1.54) is 6.33 Å². The molecular formula is C11H20N4O. The average molecular weight is 224 g/mol. The van der Waals surface area contributed by atoms with E-state index in [0.29, 0.717) is 17.6 Å². The predicted octanol–water partition coefficient (Wildman–Crippen LogP) is 1.69. The van der Waals surface area contributed by atoms with Gasteiger partial charge in [-0.1, -0.05) is 6.92 Å². The fourth-order valence-corrected chi connectivity index (χ4v) is 1.67. The van der Waals surface area contributed by atoms with E-state index >= 15 is 0 Å². The molecule has 16 heavy (non-hydrogen) atoms. The molecule has 1 rings (SSSR count). The molecule has 0 fully saturated rings. The summed E-state index contributed by atoms with van der Waals surface area (Å²) in [6.45, 7) is 7.25. The van der Waals surface area contributed by atoms with Gasteiger partial charge in [0.2, 0.25) is 5.75 Å². The van der Waals surface area contributed by atoms with Crippen LogP contribution in [0, 0.1) is 0 Å². The smallest absolute Gasteiger partial charge is 0.204 e. The Labute approximate surface area is 96.6 Å². The first-order valence-corrected chi connectivity index (χ1v) is 5.56. The van der Waals surface area contributed by atoms with Gasteiger partial charge in [0.15, 0.2) is 11.6 Å². The van der Waals surface area contributed by atoms with E-state index in [-0.39, 0.29) is 0 Å². The first kappa shape index (κ1) is 12.5. The molecule has 1 aromatic heterocycles. The minimum atomic E-state index is 0.384. The lowest BCUT2D eigenvalue weighted by atomic mass is 10.2. The summed E-state index contributed by atoms with van der Waals surface area (Å²) in [7, 11) is 1.59. The van der Waals surface area contributed by atoms with E-state index in [4.69, 9.17) is 10.5 Å². The Balaban J connectivity index is 3.14. The minimum absolute atomic E-state index is 0.384. The summed E-state index contributed by atoms with van der Waals surface area (Å²) in [6.07, 6.45) is 2.51. The third kappa shape index (κ3) is 2.35. The molecule has 1 unspecified atom stereocenters. The summed E-state index contributed by atoms with van der Waals surface area (Å²) in [4.78, 5) is 10.4. The quantitative estimate of drug-likeness (QED) is 0.824. The topological polar surface area (TPSA) is 64.3 Å². The van der Waals surface area contributed by atoms with E-state index in [1.807, 2.05) is 0 Å². The van der Waals surface area contributed by atoms with Crippen LogP contribution < -0.4 is 15.4 Å². The molecule has 0 bridgehead atoms. The summed E-state index contributed by atoms with van der Waals surface area (Å²) in [6, 6.07) is 0.396. The molecule has 0 aliphatic heterocycles. The van der Waals surface area contributed by atoms with Crippen LogP contribution in [-0.4, -0.2) is 29.7 Å². The zero-order chi connectivity index (χ0) is 12.1. The van der Waals surface area contributed by atoms with Gasteiger partial charge in [-0.05, 0) is 20.3 Å². The number of hydrogen-bond acceptors (Lipinski definition) is 5. The highest BCUT2D eigenvalue weighted by atomic mass is 16.5. The third-order valence-electron chi connectivity index (χ3n) is 2.75. The molecule has 0 aromatic carbocycles. The molecule has 0 saturated heterocycles. The maximum absolute atomic E-state index is 5.76. The second kappa shape index (κ2) is 5.53. The van der Waals surface area contributed by atoms with Crippen molar-refractivity contribution in [1.82, 2.24) is 9.97 Å². The molecule has 5 heteroatoms. The number of rotatable bonds is 5. The van der Waals surface area contributed by atoms with Gasteiger partial charge in [0.25, 0.3) is 0 Å². The van der Waals surface area contributed by atoms with Gasteiger partial charge in [0.1, 0.15) is 6.33 Å². The highest BCUT2D eigenvalue weighted by Gasteiger charge is 2.19. The Hall–Kier alpha value is -1.52. The number of nitrogens with zero attached hydrogens (tertiary/aromatic N) is 3. The molecule has 0 aliphatic carbocycles. The lowest BCUT2D eigenvalue weighted by molar-refractivity contribution is 0.411. The van der Waals surface area contributed by atoms with Gasteiger partial charge in [0.05, 0.1) is 7.11 Å². The summed E-state index contributed by atoms with van der Waals surface area (Å²) in [5, 5.41) is 0. The summed E-state index contributed by atoms with van der Waals surface area (Å²) < 4.78 is 5.26. The van der Waals surface area contributed by atoms with Crippen LogP contribution in [0.5, 0.6) is 5.75 Å². The van der Waals surface area contributed by atoms with Crippen LogP contribution in [0.2, 0.25) is 0 Å². The van der Waals surface area contributed by atoms with E-state index in [1.54, 1.807) is 7.11 Å². The van der Waals surface area contributed by atoms with Crippen LogP contribution in [0.1, 0.15) is 27.2 Å². The van der Waals surface area contributed by atoms with Crippen molar-refractivity contribution in [3.05, 3.63) is 6.33 Å². The van der Waals surface area contributed by atoms with E-state index in [9.17, 15) is 0 Å². The zero-order valence-electron chi connectivity index (χ0n) is 10.4. The van der Waals surface area contributed by atoms with Crippen molar-refractivity contribution in [1.29, 1.82) is 0 Å². The average Bonchev–Trinajstić information content (AvgIpc) is 2.30. The zero-order valence-corrected chi connectivity index (χ0v) is 10.4. The van der Waals surface area contributed by atoms with Crippen LogP contribution in [0.3, 0.4) is 0 Å². The largest absolute Gasteiger partial charge is 0.490 e. The highest BCUT2D eigenvalue weighted by Crippen LogP contribution is 2.31. The number of hydrogen-bond donors (Lipinski definition) is 1. The maximum Gasteiger partial charge on any atom is 0.204 e. The standard InChI is InChI=1S/C11H20N4O/c1-5-8(3)15(6-2)11-9(16-4)10(12)13-7-14-11/h7-8H,5-6H2,1-4H3,(H2,12,13,14). The minimum Gasteiger partial charge on any atom is -0.490 e. The maximum atomic E-state index is 5.76. The van der Waals surface area contributed by atoms with Gasteiger partial charge in [-0.2, -0.15) is 0 Å². The van der Waals surface area contributed by atoms with Gasteiger partial charge < -0.3 is 15.4 Å². The fraction of sp³-hybridized carbons (Fsp3) is 0.636. The molecule has 2 N–H and O–H groups in total. The molecule has 0 aliphatic rings. The van der Waals surface area contributed by atoms with Gasteiger partial charge in [-0.3, -0.25) is 0 Å². The van der Waals surface area contributed by atoms with E-state index in [0.717, 1.165) is 18.8 Å². The summed E-state index contributed by atoms with van der Waals surface area (Å²) >= 11 is 0. The van der Waals surface area contributed by atoms with E-state index < -0.39 is 0 Å². The Kier molecular flexibility index (Phi) is 4.34. The molecule has 0 spiro atoms. The Morgan fingerprint density at radius 2 is 2.12 bits per heavy atom. The lowest BCUT2D eigenvalue weighted by Crippen LogP contribution is -2.33. The Morgan fingerprint density at radius 1 is 1.44 bits per heavy atom. The van der Waals surface area contributed by atoms with Crippen molar-refractivity contribution < 1.29 is 4.74 Å². The highest BCUT2D eigenvalue weighted by molar-refractivity contribution is 5.63. The molecular weight excluding hydrogens is 204 g/mol. The van der Waals surface area contributed by atoms with Crippen LogP contribution in [0.15, 0.2) is 6.33 Å². The van der Waals surface area contributed by atoms with Gasteiger partial charge in [-0.15, -0.1) is 0 Å². The molecule has 1 atom stereocenters. The fourth-order valence-electron chi connectivity index (χ4n) is 1.67. The molecule has 90 valence electrons. The van der Waals surface area contributed by atoms with Crippen molar-refractivity contribution in [2.45, 2.75) is 33.2 Å². The molecule has 0 radical (unpaired) electrons. The van der Waals surface area contributed by atoms with Crippen LogP contribution in [0.25, 0.3) is 0 Å². The second-order valence-corrected chi connectivity index (χ2v) is 3.66. The van der Waals surface area contributed by atoms with Crippen molar-refractivity contribution in [2.75, 3.05) is 24.3 Å². The molecule has 1 heterocycles. The Morgan fingerprint density at radius 3 is 2.62 bits per heavy atom. The summed E-state index contributed by atoms with van der Waals surface area (Å²) in [5.41, 5.74) is 5.76. The Bertz CT molecular complexity index is 343. The molecule has 5 nitrogen and oxygen atoms in total. The van der Waals surface area contributed by atoms with Gasteiger partial charge >= 0.3 is 0 Å². The SMILES string of the molecule is CCC(C)N(CC)c1ncnc(N)c1OC. The van der Waals surface area contributed by atoms with Crippen LogP contribution >= 0.6 is 0 Å². The number of ether oxygens (including phenoxy) is 1. The number of nitrogen functional groups attached to an aromatic ring is 1. The van der Waals surface area contributed by atoms with Crippen LogP contribution in [-0.2, 0) is 0 Å². The summed E-state index contributed by atoms with van der Waals surface area (Å²) in [5.74, 6) is 1.71. The number of aromatic nitrogens is 2. The second-order valence-electron chi connectivity index (χ2n) is 3.66. The monoisotopic (exact) mass is 224 g/mol. The lowest BCUT2D eigenvalue weighted by Gasteiger charge is -2.29.